The summed E-state index contributed by atoms with van der Waals surface area (Å²) < 4.78 is 40.9. The summed E-state index contributed by atoms with van der Waals surface area (Å²) in [5, 5.41) is 7.03. The van der Waals surface area contributed by atoms with E-state index < -0.39 is 15.9 Å². The number of anilines is 2. The highest BCUT2D eigenvalue weighted by molar-refractivity contribution is 7.89. The van der Waals surface area contributed by atoms with Gasteiger partial charge in [0.2, 0.25) is 10.0 Å². The van der Waals surface area contributed by atoms with Crippen LogP contribution in [0.3, 0.4) is 0 Å². The van der Waals surface area contributed by atoms with E-state index in [-0.39, 0.29) is 10.7 Å². The summed E-state index contributed by atoms with van der Waals surface area (Å²) in [5.41, 5.74) is 2.50. The Morgan fingerprint density at radius 2 is 1.71 bits per heavy atom. The third-order valence-corrected chi connectivity index (χ3v) is 6.61. The summed E-state index contributed by atoms with van der Waals surface area (Å²) in [4.78, 5) is 14.8. The second-order valence-corrected chi connectivity index (χ2v) is 9.50. The molecule has 0 bridgehead atoms. The maximum atomic E-state index is 13.2. The zero-order valence-corrected chi connectivity index (χ0v) is 18.7. The molecule has 0 aliphatic rings. The molecule has 2 aromatic carbocycles. The highest BCUT2D eigenvalue weighted by atomic mass is 32.2. The van der Waals surface area contributed by atoms with Crippen LogP contribution >= 0.6 is 0 Å². The number of halogens is 1. The number of nitrogens with zero attached hydrogens (tertiary/aromatic N) is 4. The van der Waals surface area contributed by atoms with E-state index in [1.54, 1.807) is 44.1 Å². The summed E-state index contributed by atoms with van der Waals surface area (Å²) in [6.45, 7) is 1.73. The van der Waals surface area contributed by atoms with Crippen LogP contribution in [0, 0.1) is 12.7 Å². The molecule has 1 N–H and O–H groups in total. The van der Waals surface area contributed by atoms with Crippen LogP contribution < -0.4 is 10.2 Å². The fraction of sp³-hybridized carbons (Fsp3) is 0.238. The number of carbonyl (C=O) groups excluding carboxylic acids is 1. The molecule has 8 nitrogen and oxygen atoms in total. The lowest BCUT2D eigenvalue weighted by molar-refractivity contribution is 0.102. The van der Waals surface area contributed by atoms with E-state index in [0.29, 0.717) is 28.3 Å². The van der Waals surface area contributed by atoms with Gasteiger partial charge in [0.1, 0.15) is 5.82 Å². The van der Waals surface area contributed by atoms with Crippen molar-refractivity contribution in [3.63, 3.8) is 0 Å². The highest BCUT2D eigenvalue weighted by Gasteiger charge is 2.22. The van der Waals surface area contributed by atoms with Crippen LogP contribution in [-0.4, -0.2) is 56.6 Å². The van der Waals surface area contributed by atoms with Gasteiger partial charge in [0.15, 0.2) is 0 Å². The van der Waals surface area contributed by atoms with Gasteiger partial charge in [-0.1, -0.05) is 0 Å². The quantitative estimate of drug-likeness (QED) is 0.630. The molecule has 0 fully saturated rings. The fourth-order valence-electron chi connectivity index (χ4n) is 3.04. The van der Waals surface area contributed by atoms with Crippen LogP contribution in [0.5, 0.6) is 0 Å². The summed E-state index contributed by atoms with van der Waals surface area (Å²) in [5.74, 6) is -0.802. The number of amides is 1. The number of benzene rings is 2. The van der Waals surface area contributed by atoms with E-state index in [0.717, 1.165) is 4.31 Å². The van der Waals surface area contributed by atoms with Crippen molar-refractivity contribution in [3.8, 4) is 5.69 Å². The number of nitrogens with one attached hydrogen (secondary N) is 1. The standard InChI is InChI=1S/C21H24FN5O3S/c1-14-18(13-23-27(14)16-8-6-15(22)7-9-16)21(28)24-19-12-17(31(29,30)26(4)5)10-11-20(19)25(2)3/h6-13H,1-5H3,(H,24,28). The lowest BCUT2D eigenvalue weighted by Crippen LogP contribution is -2.23. The number of rotatable bonds is 6. The molecule has 0 atom stereocenters. The minimum atomic E-state index is -3.67. The Morgan fingerprint density at radius 3 is 2.29 bits per heavy atom. The van der Waals surface area contributed by atoms with Crippen LogP contribution in [0.25, 0.3) is 5.69 Å². The molecule has 0 saturated heterocycles. The molecular formula is C21H24FN5O3S. The minimum Gasteiger partial charge on any atom is -0.376 e. The van der Waals surface area contributed by atoms with Gasteiger partial charge in [0.25, 0.3) is 5.91 Å². The molecule has 10 heteroatoms. The van der Waals surface area contributed by atoms with Crippen molar-refractivity contribution in [2.75, 3.05) is 38.4 Å². The lowest BCUT2D eigenvalue weighted by Gasteiger charge is -2.20. The number of aromatic nitrogens is 2. The van der Waals surface area contributed by atoms with Gasteiger partial charge >= 0.3 is 0 Å². The Bertz CT molecular complexity index is 1220. The van der Waals surface area contributed by atoms with Crippen molar-refractivity contribution in [1.29, 1.82) is 0 Å². The van der Waals surface area contributed by atoms with E-state index in [4.69, 9.17) is 0 Å². The van der Waals surface area contributed by atoms with Gasteiger partial charge in [-0.3, -0.25) is 4.79 Å². The fourth-order valence-corrected chi connectivity index (χ4v) is 3.97. The summed E-state index contributed by atoms with van der Waals surface area (Å²) >= 11 is 0. The molecule has 0 spiro atoms. The van der Waals surface area contributed by atoms with Gasteiger partial charge in [-0.05, 0) is 49.4 Å². The van der Waals surface area contributed by atoms with E-state index in [1.807, 2.05) is 0 Å². The van der Waals surface area contributed by atoms with Crippen molar-refractivity contribution in [1.82, 2.24) is 14.1 Å². The molecule has 0 aliphatic heterocycles. The zero-order chi connectivity index (χ0) is 22.9. The van der Waals surface area contributed by atoms with Crippen molar-refractivity contribution in [2.24, 2.45) is 0 Å². The van der Waals surface area contributed by atoms with Gasteiger partial charge in [0, 0.05) is 28.2 Å². The van der Waals surface area contributed by atoms with Crippen LogP contribution in [0.4, 0.5) is 15.8 Å². The minimum absolute atomic E-state index is 0.0668. The maximum absolute atomic E-state index is 13.2. The van der Waals surface area contributed by atoms with E-state index in [9.17, 15) is 17.6 Å². The predicted molar refractivity (Wildman–Crippen MR) is 118 cm³/mol. The SMILES string of the molecule is Cc1c(C(=O)Nc2cc(S(=O)(=O)N(C)C)ccc2N(C)C)cnn1-c1ccc(F)cc1. The Balaban J connectivity index is 1.97. The molecule has 31 heavy (non-hydrogen) atoms. The van der Waals surface area contributed by atoms with Gasteiger partial charge in [-0.25, -0.2) is 21.8 Å². The van der Waals surface area contributed by atoms with E-state index >= 15 is 0 Å². The molecule has 164 valence electrons. The highest BCUT2D eigenvalue weighted by Crippen LogP contribution is 2.29. The molecule has 3 rings (SSSR count). The first-order chi connectivity index (χ1) is 14.5. The van der Waals surface area contributed by atoms with Gasteiger partial charge in [-0.2, -0.15) is 5.10 Å². The topological polar surface area (TPSA) is 87.5 Å². The van der Waals surface area contributed by atoms with Crippen LogP contribution in [-0.2, 0) is 10.0 Å². The molecule has 1 aromatic heterocycles. The third kappa shape index (κ3) is 4.44. The summed E-state index contributed by atoms with van der Waals surface area (Å²) in [6.07, 6.45) is 1.42. The van der Waals surface area contributed by atoms with Crippen LogP contribution in [0.2, 0.25) is 0 Å². The van der Waals surface area contributed by atoms with Crippen LogP contribution in [0.1, 0.15) is 16.1 Å². The summed E-state index contributed by atoms with van der Waals surface area (Å²) in [7, 11) is 2.81. The van der Waals surface area contributed by atoms with Gasteiger partial charge in [-0.15, -0.1) is 0 Å². The number of carbonyl (C=O) groups is 1. The first-order valence-corrected chi connectivity index (χ1v) is 10.8. The van der Waals surface area contributed by atoms with Gasteiger partial charge in [0.05, 0.1) is 39.4 Å². The largest absolute Gasteiger partial charge is 0.376 e. The lowest BCUT2D eigenvalue weighted by atomic mass is 10.2. The van der Waals surface area contributed by atoms with Crippen molar-refractivity contribution in [2.45, 2.75) is 11.8 Å². The Hall–Kier alpha value is -3.24. The number of hydrogen-bond donors (Lipinski definition) is 1. The molecule has 0 unspecified atom stereocenters. The molecular weight excluding hydrogens is 421 g/mol. The average molecular weight is 446 g/mol. The normalized spacial score (nSPS) is 11.6. The number of hydrogen-bond acceptors (Lipinski definition) is 5. The summed E-state index contributed by atoms with van der Waals surface area (Å²) in [6, 6.07) is 10.3. The van der Waals surface area contributed by atoms with E-state index in [2.05, 4.69) is 10.4 Å². The Kier molecular flexibility index (Phi) is 6.14. The van der Waals surface area contributed by atoms with Crippen LogP contribution in [0.15, 0.2) is 53.6 Å². The average Bonchev–Trinajstić information content (AvgIpc) is 3.09. The van der Waals surface area contributed by atoms with Crippen molar-refractivity contribution < 1.29 is 17.6 Å². The number of sulfonamides is 1. The molecule has 0 radical (unpaired) electrons. The van der Waals surface area contributed by atoms with E-state index in [1.165, 1.54) is 49.2 Å². The molecule has 1 amide bonds. The van der Waals surface area contributed by atoms with Crippen molar-refractivity contribution >= 4 is 27.3 Å². The third-order valence-electron chi connectivity index (χ3n) is 4.80. The first kappa shape index (κ1) is 22.4. The zero-order valence-electron chi connectivity index (χ0n) is 17.9. The molecule has 0 saturated carbocycles. The molecule has 0 aliphatic carbocycles. The first-order valence-electron chi connectivity index (χ1n) is 9.38. The maximum Gasteiger partial charge on any atom is 0.259 e. The molecule has 1 heterocycles. The second-order valence-electron chi connectivity index (χ2n) is 7.35. The monoisotopic (exact) mass is 445 g/mol. The van der Waals surface area contributed by atoms with Crippen molar-refractivity contribution in [3.05, 3.63) is 65.7 Å². The van der Waals surface area contributed by atoms with Gasteiger partial charge < -0.3 is 10.2 Å². The smallest absolute Gasteiger partial charge is 0.259 e. The second kappa shape index (κ2) is 8.48. The Labute approximate surface area is 180 Å². The predicted octanol–water partition coefficient (Wildman–Crippen LogP) is 2.89. The Morgan fingerprint density at radius 1 is 1.06 bits per heavy atom. The molecule has 3 aromatic rings.